The Kier molecular flexibility index (Phi) is 3.69. The zero-order chi connectivity index (χ0) is 13.9. The van der Waals surface area contributed by atoms with E-state index in [-0.39, 0.29) is 6.23 Å². The molecule has 3 heterocycles. The standard InChI is InChI=1S/C15H20N4O/c1-11-6-8-17-15(14(11)16-2)12-7-9-18-19(12)13-5-3-4-10-20-13/h6-9,13,16H,3-5,10H2,1-2H3. The highest BCUT2D eigenvalue weighted by atomic mass is 16.5. The summed E-state index contributed by atoms with van der Waals surface area (Å²) < 4.78 is 7.80. The minimum absolute atomic E-state index is 0.0285. The summed E-state index contributed by atoms with van der Waals surface area (Å²) in [5.41, 5.74) is 4.16. The van der Waals surface area contributed by atoms with E-state index in [0.29, 0.717) is 0 Å². The highest BCUT2D eigenvalue weighted by molar-refractivity contribution is 5.74. The largest absolute Gasteiger partial charge is 0.386 e. The first-order valence-corrected chi connectivity index (χ1v) is 7.10. The number of pyridine rings is 1. The molecule has 0 aliphatic carbocycles. The van der Waals surface area contributed by atoms with Gasteiger partial charge in [0.25, 0.3) is 0 Å². The van der Waals surface area contributed by atoms with Crippen molar-refractivity contribution in [2.24, 2.45) is 0 Å². The second-order valence-electron chi connectivity index (χ2n) is 5.08. The van der Waals surface area contributed by atoms with Gasteiger partial charge in [0, 0.05) is 26.0 Å². The molecule has 1 saturated heterocycles. The summed E-state index contributed by atoms with van der Waals surface area (Å²) in [6.07, 6.45) is 7.01. The van der Waals surface area contributed by atoms with E-state index in [9.17, 15) is 0 Å². The van der Waals surface area contributed by atoms with Gasteiger partial charge in [0.2, 0.25) is 0 Å². The SMILES string of the molecule is CNc1c(C)ccnc1-c1ccnn1C1CCCCO1. The molecule has 5 nitrogen and oxygen atoms in total. The van der Waals surface area contributed by atoms with Crippen LogP contribution in [0.3, 0.4) is 0 Å². The van der Waals surface area contributed by atoms with Crippen molar-refractivity contribution in [3.05, 3.63) is 30.1 Å². The number of nitrogens with one attached hydrogen (secondary N) is 1. The van der Waals surface area contributed by atoms with E-state index < -0.39 is 0 Å². The van der Waals surface area contributed by atoms with Crippen molar-refractivity contribution < 1.29 is 4.74 Å². The highest BCUT2D eigenvalue weighted by Gasteiger charge is 2.21. The number of rotatable bonds is 3. The Morgan fingerprint density at radius 3 is 2.95 bits per heavy atom. The lowest BCUT2D eigenvalue weighted by molar-refractivity contribution is -0.0384. The van der Waals surface area contributed by atoms with Gasteiger partial charge in [-0.05, 0) is 43.9 Å². The highest BCUT2D eigenvalue weighted by Crippen LogP contribution is 2.32. The van der Waals surface area contributed by atoms with Gasteiger partial charge in [-0.2, -0.15) is 5.10 Å². The predicted molar refractivity (Wildman–Crippen MR) is 78.6 cm³/mol. The Bertz CT molecular complexity index is 587. The minimum atomic E-state index is 0.0285. The molecule has 0 spiro atoms. The van der Waals surface area contributed by atoms with Crippen molar-refractivity contribution >= 4 is 5.69 Å². The quantitative estimate of drug-likeness (QED) is 0.933. The first kappa shape index (κ1) is 13.1. The molecule has 0 radical (unpaired) electrons. The van der Waals surface area contributed by atoms with Gasteiger partial charge in [0.05, 0.1) is 11.4 Å². The van der Waals surface area contributed by atoms with Crippen LogP contribution in [-0.2, 0) is 4.74 Å². The molecule has 20 heavy (non-hydrogen) atoms. The average molecular weight is 272 g/mol. The smallest absolute Gasteiger partial charge is 0.150 e. The molecule has 1 aliphatic heterocycles. The first-order valence-electron chi connectivity index (χ1n) is 7.10. The molecule has 2 aromatic heterocycles. The second kappa shape index (κ2) is 5.63. The Labute approximate surface area is 119 Å². The van der Waals surface area contributed by atoms with Crippen molar-refractivity contribution in [2.75, 3.05) is 19.0 Å². The lowest BCUT2D eigenvalue weighted by Crippen LogP contribution is -2.20. The van der Waals surface area contributed by atoms with E-state index in [1.165, 1.54) is 12.0 Å². The summed E-state index contributed by atoms with van der Waals surface area (Å²) in [4.78, 5) is 4.53. The third kappa shape index (κ3) is 2.29. The summed E-state index contributed by atoms with van der Waals surface area (Å²) >= 11 is 0. The van der Waals surface area contributed by atoms with Crippen LogP contribution in [0.1, 0.15) is 31.1 Å². The number of nitrogens with zero attached hydrogens (tertiary/aromatic N) is 3. The molecule has 0 aromatic carbocycles. The number of aryl methyl sites for hydroxylation is 1. The Morgan fingerprint density at radius 2 is 2.20 bits per heavy atom. The van der Waals surface area contributed by atoms with Gasteiger partial charge >= 0.3 is 0 Å². The third-order valence-electron chi connectivity index (χ3n) is 3.75. The molecule has 1 unspecified atom stereocenters. The van der Waals surface area contributed by atoms with Crippen molar-refractivity contribution in [2.45, 2.75) is 32.4 Å². The van der Waals surface area contributed by atoms with Crippen LogP contribution in [0.15, 0.2) is 24.5 Å². The third-order valence-corrected chi connectivity index (χ3v) is 3.75. The van der Waals surface area contributed by atoms with Crippen LogP contribution in [0.2, 0.25) is 0 Å². The molecule has 1 fully saturated rings. The molecule has 2 aromatic rings. The van der Waals surface area contributed by atoms with E-state index in [2.05, 4.69) is 22.3 Å². The predicted octanol–water partition coefficient (Wildman–Crippen LogP) is 2.99. The average Bonchev–Trinajstić information content (AvgIpc) is 2.97. The fourth-order valence-electron chi connectivity index (χ4n) is 2.72. The maximum atomic E-state index is 5.84. The molecule has 5 heteroatoms. The molecular weight excluding hydrogens is 252 g/mol. The molecule has 3 rings (SSSR count). The molecule has 0 amide bonds. The summed E-state index contributed by atoms with van der Waals surface area (Å²) in [5, 5.41) is 7.68. The van der Waals surface area contributed by atoms with Crippen LogP contribution in [0.4, 0.5) is 5.69 Å². The van der Waals surface area contributed by atoms with Gasteiger partial charge in [-0.3, -0.25) is 4.98 Å². The van der Waals surface area contributed by atoms with Gasteiger partial charge < -0.3 is 10.1 Å². The number of aromatic nitrogens is 3. The lowest BCUT2D eigenvalue weighted by Gasteiger charge is -2.24. The van der Waals surface area contributed by atoms with Crippen LogP contribution in [0.5, 0.6) is 0 Å². The number of hydrogen-bond acceptors (Lipinski definition) is 4. The summed E-state index contributed by atoms with van der Waals surface area (Å²) in [7, 11) is 1.92. The molecule has 1 atom stereocenters. The van der Waals surface area contributed by atoms with Crippen molar-refractivity contribution in [3.63, 3.8) is 0 Å². The molecule has 1 N–H and O–H groups in total. The number of anilines is 1. The van der Waals surface area contributed by atoms with E-state index in [4.69, 9.17) is 4.74 Å². The Balaban J connectivity index is 2.03. The topological polar surface area (TPSA) is 52.0 Å². The van der Waals surface area contributed by atoms with Gasteiger partial charge in [-0.15, -0.1) is 0 Å². The molecule has 0 saturated carbocycles. The van der Waals surface area contributed by atoms with Crippen LogP contribution >= 0.6 is 0 Å². The van der Waals surface area contributed by atoms with Crippen molar-refractivity contribution in [3.8, 4) is 11.4 Å². The van der Waals surface area contributed by atoms with E-state index in [0.717, 1.165) is 36.5 Å². The molecular formula is C15H20N4O. The van der Waals surface area contributed by atoms with E-state index in [1.54, 1.807) is 0 Å². The van der Waals surface area contributed by atoms with Gasteiger partial charge in [0.15, 0.2) is 6.23 Å². The summed E-state index contributed by atoms with van der Waals surface area (Å²) in [6, 6.07) is 4.01. The normalized spacial score (nSPS) is 19.0. The zero-order valence-electron chi connectivity index (χ0n) is 12.0. The molecule has 0 bridgehead atoms. The van der Waals surface area contributed by atoms with Crippen molar-refractivity contribution in [1.29, 1.82) is 0 Å². The fourth-order valence-corrected chi connectivity index (χ4v) is 2.72. The summed E-state index contributed by atoms with van der Waals surface area (Å²) in [6.45, 7) is 2.89. The van der Waals surface area contributed by atoms with E-state index in [1.807, 2.05) is 36.3 Å². The van der Waals surface area contributed by atoms with Crippen LogP contribution in [-0.4, -0.2) is 28.4 Å². The monoisotopic (exact) mass is 272 g/mol. The number of hydrogen-bond donors (Lipinski definition) is 1. The summed E-state index contributed by atoms with van der Waals surface area (Å²) in [5.74, 6) is 0. The van der Waals surface area contributed by atoms with Crippen LogP contribution < -0.4 is 5.32 Å². The van der Waals surface area contributed by atoms with Crippen LogP contribution in [0, 0.1) is 6.92 Å². The Hall–Kier alpha value is -1.88. The maximum absolute atomic E-state index is 5.84. The van der Waals surface area contributed by atoms with E-state index >= 15 is 0 Å². The van der Waals surface area contributed by atoms with Gasteiger partial charge in [-0.25, -0.2) is 4.68 Å². The lowest BCUT2D eigenvalue weighted by atomic mass is 10.1. The first-order chi connectivity index (χ1) is 9.81. The Morgan fingerprint density at radius 1 is 1.30 bits per heavy atom. The van der Waals surface area contributed by atoms with Gasteiger partial charge in [-0.1, -0.05) is 0 Å². The zero-order valence-corrected chi connectivity index (χ0v) is 12.0. The second-order valence-corrected chi connectivity index (χ2v) is 5.08. The maximum Gasteiger partial charge on any atom is 0.150 e. The minimum Gasteiger partial charge on any atom is -0.386 e. The fraction of sp³-hybridized carbons (Fsp3) is 0.467. The van der Waals surface area contributed by atoms with Crippen molar-refractivity contribution in [1.82, 2.24) is 14.8 Å². The number of ether oxygens (including phenoxy) is 1. The van der Waals surface area contributed by atoms with Crippen LogP contribution in [0.25, 0.3) is 11.4 Å². The molecule has 106 valence electrons. The molecule has 1 aliphatic rings. The van der Waals surface area contributed by atoms with Gasteiger partial charge in [0.1, 0.15) is 5.69 Å².